The van der Waals surface area contributed by atoms with E-state index in [1.54, 1.807) is 0 Å². The summed E-state index contributed by atoms with van der Waals surface area (Å²) in [6.07, 6.45) is 1.89. The van der Waals surface area contributed by atoms with Gasteiger partial charge in [-0.15, -0.1) is 11.3 Å². The van der Waals surface area contributed by atoms with Gasteiger partial charge in [-0.1, -0.05) is 0 Å². The predicted molar refractivity (Wildman–Crippen MR) is 81.9 cm³/mol. The van der Waals surface area contributed by atoms with Crippen LogP contribution in [0.1, 0.15) is 39.8 Å². The van der Waals surface area contributed by atoms with E-state index in [0.717, 1.165) is 12.8 Å². The van der Waals surface area contributed by atoms with Gasteiger partial charge in [-0.25, -0.2) is 0 Å². The number of thiophene rings is 1. The molecule has 1 saturated heterocycles. The molecule has 3 rings (SSSR count). The Morgan fingerprint density at radius 3 is 2.67 bits per heavy atom. The Bertz CT molecular complexity index is 595. The lowest BCUT2D eigenvalue weighted by molar-refractivity contribution is 0.0533. The number of nitrogens with two attached hydrogens (primary N) is 2. The van der Waals surface area contributed by atoms with Gasteiger partial charge < -0.3 is 21.1 Å². The molecule has 1 amide bonds. The molecule has 114 valence electrons. The van der Waals surface area contributed by atoms with Crippen molar-refractivity contribution in [2.75, 3.05) is 30.3 Å². The number of carbonyl (C=O) groups is 2. The number of ketones is 1. The third kappa shape index (κ3) is 2.63. The number of amides is 1. The Labute approximate surface area is 127 Å². The van der Waals surface area contributed by atoms with Crippen molar-refractivity contribution in [2.45, 2.75) is 25.9 Å². The van der Waals surface area contributed by atoms with E-state index in [9.17, 15) is 9.59 Å². The number of hydrogen-bond acceptors (Lipinski definition) is 6. The monoisotopic (exact) mass is 309 g/mol. The first-order chi connectivity index (χ1) is 9.99. The maximum atomic E-state index is 12.3. The van der Waals surface area contributed by atoms with E-state index in [0.29, 0.717) is 29.6 Å². The van der Waals surface area contributed by atoms with Crippen molar-refractivity contribution < 1.29 is 14.3 Å². The summed E-state index contributed by atoms with van der Waals surface area (Å²) in [4.78, 5) is 26.6. The van der Waals surface area contributed by atoms with E-state index in [2.05, 4.69) is 0 Å². The molecule has 1 aromatic rings. The van der Waals surface area contributed by atoms with Crippen molar-refractivity contribution in [3.63, 3.8) is 0 Å². The molecule has 0 radical (unpaired) electrons. The van der Waals surface area contributed by atoms with Crippen LogP contribution in [0.25, 0.3) is 0 Å². The highest BCUT2D eigenvalue weighted by Gasteiger charge is 2.36. The molecule has 1 aliphatic carbocycles. The van der Waals surface area contributed by atoms with Crippen LogP contribution in [0.5, 0.6) is 0 Å². The maximum absolute atomic E-state index is 12.3. The van der Waals surface area contributed by atoms with Gasteiger partial charge in [0.1, 0.15) is 5.00 Å². The average molecular weight is 309 g/mol. The van der Waals surface area contributed by atoms with Crippen LogP contribution in [0.4, 0.5) is 10.7 Å². The number of ether oxygens (including phenoxy) is 1. The minimum Gasteiger partial charge on any atom is -0.397 e. The summed E-state index contributed by atoms with van der Waals surface area (Å²) in [6, 6.07) is 0. The van der Waals surface area contributed by atoms with Crippen LogP contribution in [0.3, 0.4) is 0 Å². The molecule has 1 aromatic heterocycles. The average Bonchev–Trinajstić information content (AvgIpc) is 3.21. The molecule has 0 aromatic carbocycles. The van der Waals surface area contributed by atoms with Crippen molar-refractivity contribution >= 4 is 33.7 Å². The van der Waals surface area contributed by atoms with Gasteiger partial charge in [0, 0.05) is 19.0 Å². The highest BCUT2D eigenvalue weighted by molar-refractivity contribution is 7.19. The zero-order valence-electron chi connectivity index (χ0n) is 11.9. The maximum Gasteiger partial charge on any atom is 0.253 e. The quantitative estimate of drug-likeness (QED) is 0.816. The van der Waals surface area contributed by atoms with E-state index in [4.69, 9.17) is 16.2 Å². The molecular weight excluding hydrogens is 290 g/mol. The number of primary amides is 1. The SMILES string of the molecule is CC1CN(c2sc(C(=O)C3CC3)c(N)c2C(N)=O)CCO1. The first kappa shape index (κ1) is 14.3. The van der Waals surface area contributed by atoms with Crippen LogP contribution in [0.15, 0.2) is 0 Å². The highest BCUT2D eigenvalue weighted by atomic mass is 32.1. The lowest BCUT2D eigenvalue weighted by Gasteiger charge is -2.32. The van der Waals surface area contributed by atoms with Crippen LogP contribution < -0.4 is 16.4 Å². The molecule has 0 bridgehead atoms. The normalized spacial score (nSPS) is 22.3. The van der Waals surface area contributed by atoms with Gasteiger partial charge in [0.25, 0.3) is 5.91 Å². The zero-order valence-corrected chi connectivity index (χ0v) is 12.7. The number of rotatable bonds is 4. The Kier molecular flexibility index (Phi) is 3.62. The predicted octanol–water partition coefficient (Wildman–Crippen LogP) is 1.25. The molecule has 6 nitrogen and oxygen atoms in total. The fraction of sp³-hybridized carbons (Fsp3) is 0.571. The second-order valence-electron chi connectivity index (χ2n) is 5.66. The number of nitrogen functional groups attached to an aromatic ring is 1. The Hall–Kier alpha value is -1.60. The Balaban J connectivity index is 1.99. The first-order valence-corrected chi connectivity index (χ1v) is 7.93. The molecule has 21 heavy (non-hydrogen) atoms. The molecule has 1 atom stereocenters. The summed E-state index contributed by atoms with van der Waals surface area (Å²) in [5, 5.41) is 0.708. The van der Waals surface area contributed by atoms with Crippen LogP contribution in [-0.4, -0.2) is 37.5 Å². The second-order valence-corrected chi connectivity index (χ2v) is 6.65. The van der Waals surface area contributed by atoms with Crippen molar-refractivity contribution in [3.05, 3.63) is 10.4 Å². The molecule has 0 spiro atoms. The molecule has 2 fully saturated rings. The number of nitrogens with zero attached hydrogens (tertiary/aromatic N) is 1. The number of morpholine rings is 1. The number of Topliss-reactive ketones (excluding diaryl/α,β-unsaturated/α-hetero) is 1. The summed E-state index contributed by atoms with van der Waals surface area (Å²) < 4.78 is 5.51. The lowest BCUT2D eigenvalue weighted by Crippen LogP contribution is -2.41. The summed E-state index contributed by atoms with van der Waals surface area (Å²) in [5.74, 6) is -0.455. The molecule has 1 saturated carbocycles. The van der Waals surface area contributed by atoms with Crippen LogP contribution in [-0.2, 0) is 4.74 Å². The van der Waals surface area contributed by atoms with Crippen molar-refractivity contribution in [3.8, 4) is 0 Å². The van der Waals surface area contributed by atoms with E-state index >= 15 is 0 Å². The van der Waals surface area contributed by atoms with Gasteiger partial charge >= 0.3 is 0 Å². The molecule has 7 heteroatoms. The van der Waals surface area contributed by atoms with Gasteiger partial charge in [-0.3, -0.25) is 9.59 Å². The highest BCUT2D eigenvalue weighted by Crippen LogP contribution is 2.43. The summed E-state index contributed by atoms with van der Waals surface area (Å²) in [6.45, 7) is 3.89. The molecule has 1 unspecified atom stereocenters. The fourth-order valence-electron chi connectivity index (χ4n) is 2.61. The minimum absolute atomic E-state index is 0.0487. The van der Waals surface area contributed by atoms with Crippen LogP contribution in [0, 0.1) is 5.92 Å². The number of hydrogen-bond donors (Lipinski definition) is 2. The van der Waals surface area contributed by atoms with E-state index < -0.39 is 5.91 Å². The standard InChI is InChI=1S/C14H19N3O3S/c1-7-6-17(4-5-20-7)14-9(13(16)19)10(15)12(21-14)11(18)8-2-3-8/h7-8H,2-6,15H2,1H3,(H2,16,19). The topological polar surface area (TPSA) is 98.6 Å². The first-order valence-electron chi connectivity index (χ1n) is 7.12. The summed E-state index contributed by atoms with van der Waals surface area (Å²) >= 11 is 1.29. The summed E-state index contributed by atoms with van der Waals surface area (Å²) in [7, 11) is 0. The number of anilines is 2. The Morgan fingerprint density at radius 1 is 1.38 bits per heavy atom. The van der Waals surface area contributed by atoms with Gasteiger partial charge in [-0.2, -0.15) is 0 Å². The van der Waals surface area contributed by atoms with Gasteiger partial charge in [-0.05, 0) is 19.8 Å². The molecule has 2 aliphatic rings. The minimum atomic E-state index is -0.576. The third-order valence-electron chi connectivity index (χ3n) is 3.87. The van der Waals surface area contributed by atoms with Crippen molar-refractivity contribution in [1.82, 2.24) is 0 Å². The number of carbonyl (C=O) groups excluding carboxylic acids is 2. The van der Waals surface area contributed by atoms with Crippen molar-refractivity contribution in [2.24, 2.45) is 11.7 Å². The molecular formula is C14H19N3O3S. The third-order valence-corrected chi connectivity index (χ3v) is 5.15. The molecule has 1 aliphatic heterocycles. The second kappa shape index (κ2) is 5.31. The van der Waals surface area contributed by atoms with E-state index in [-0.39, 0.29) is 29.1 Å². The zero-order chi connectivity index (χ0) is 15.1. The Morgan fingerprint density at radius 2 is 2.10 bits per heavy atom. The van der Waals surface area contributed by atoms with Crippen LogP contribution in [0.2, 0.25) is 0 Å². The lowest BCUT2D eigenvalue weighted by atomic mass is 10.1. The fourth-order valence-corrected chi connectivity index (χ4v) is 3.89. The van der Waals surface area contributed by atoms with Gasteiger partial charge in [0.15, 0.2) is 5.78 Å². The van der Waals surface area contributed by atoms with E-state index in [1.807, 2.05) is 11.8 Å². The summed E-state index contributed by atoms with van der Waals surface area (Å²) in [5.41, 5.74) is 12.1. The van der Waals surface area contributed by atoms with Gasteiger partial charge in [0.2, 0.25) is 0 Å². The smallest absolute Gasteiger partial charge is 0.253 e. The van der Waals surface area contributed by atoms with Gasteiger partial charge in [0.05, 0.1) is 28.8 Å². The molecule has 4 N–H and O–H groups in total. The van der Waals surface area contributed by atoms with Crippen LogP contribution >= 0.6 is 11.3 Å². The largest absolute Gasteiger partial charge is 0.397 e. The van der Waals surface area contributed by atoms with Crippen molar-refractivity contribution in [1.29, 1.82) is 0 Å². The van der Waals surface area contributed by atoms with E-state index in [1.165, 1.54) is 11.3 Å². The molecule has 2 heterocycles.